The van der Waals surface area contributed by atoms with Crippen molar-refractivity contribution < 1.29 is 4.79 Å². The Morgan fingerprint density at radius 2 is 1.89 bits per heavy atom. The number of benzene rings is 2. The Hall–Kier alpha value is -2.33. The number of carbonyl (C=O) groups excluding carboxylic acids is 1. The van der Waals surface area contributed by atoms with Crippen LogP contribution < -0.4 is 5.32 Å². The lowest BCUT2D eigenvalue weighted by atomic mass is 10.1. The van der Waals surface area contributed by atoms with Gasteiger partial charge in [-0.05, 0) is 43.4 Å². The van der Waals surface area contributed by atoms with Gasteiger partial charge in [-0.2, -0.15) is 0 Å². The van der Waals surface area contributed by atoms with Crippen LogP contribution >= 0.6 is 0 Å². The molecule has 0 saturated carbocycles. The number of hydrogen-bond acceptors (Lipinski definition) is 2. The van der Waals surface area contributed by atoms with Crippen molar-refractivity contribution >= 4 is 11.7 Å². The summed E-state index contributed by atoms with van der Waals surface area (Å²) in [4.78, 5) is 17.5. The van der Waals surface area contributed by atoms with Gasteiger partial charge in [0.1, 0.15) is 0 Å². The molecular weight excluding hydrogens is 334 g/mol. The highest BCUT2D eigenvalue weighted by Crippen LogP contribution is 2.22. The van der Waals surface area contributed by atoms with Gasteiger partial charge in [0.2, 0.25) is 0 Å². The Bertz CT molecular complexity index is 759. The summed E-state index contributed by atoms with van der Waals surface area (Å²) in [6, 6.07) is 17.0. The van der Waals surface area contributed by atoms with Gasteiger partial charge in [-0.3, -0.25) is 4.90 Å². The number of carbonyl (C=O) groups is 1. The van der Waals surface area contributed by atoms with Gasteiger partial charge in [0, 0.05) is 37.9 Å². The molecule has 2 aromatic carbocycles. The largest absolute Gasteiger partial charge is 0.322 e. The zero-order valence-corrected chi connectivity index (χ0v) is 16.7. The summed E-state index contributed by atoms with van der Waals surface area (Å²) in [7, 11) is 0. The molecule has 0 aromatic heterocycles. The molecule has 1 fully saturated rings. The Kier molecular flexibility index (Phi) is 6.51. The van der Waals surface area contributed by atoms with Crippen molar-refractivity contribution in [2.45, 2.75) is 46.2 Å². The fourth-order valence-electron chi connectivity index (χ4n) is 3.92. The quantitative estimate of drug-likeness (QED) is 0.853. The molecule has 144 valence electrons. The molecule has 1 heterocycles. The van der Waals surface area contributed by atoms with E-state index in [1.165, 1.54) is 11.1 Å². The van der Waals surface area contributed by atoms with Crippen molar-refractivity contribution in [3.8, 4) is 0 Å². The minimum atomic E-state index is 0.0214. The lowest BCUT2D eigenvalue weighted by Crippen LogP contribution is -2.44. The van der Waals surface area contributed by atoms with Crippen LogP contribution in [0.3, 0.4) is 0 Å². The molecule has 0 radical (unpaired) electrons. The van der Waals surface area contributed by atoms with Crippen LogP contribution in [0.15, 0.2) is 48.5 Å². The van der Waals surface area contributed by atoms with Crippen LogP contribution in [0.4, 0.5) is 10.5 Å². The molecule has 4 heteroatoms. The molecule has 1 aliphatic heterocycles. The molecule has 0 bridgehead atoms. The lowest BCUT2D eigenvalue weighted by Gasteiger charge is -2.30. The summed E-state index contributed by atoms with van der Waals surface area (Å²) >= 11 is 0. The summed E-state index contributed by atoms with van der Waals surface area (Å²) in [5.74, 6) is 0. The number of hydrogen-bond donors (Lipinski definition) is 1. The fourth-order valence-corrected chi connectivity index (χ4v) is 3.92. The van der Waals surface area contributed by atoms with Gasteiger partial charge in [-0.25, -0.2) is 4.79 Å². The van der Waals surface area contributed by atoms with E-state index in [0.717, 1.165) is 50.3 Å². The number of para-hydroxylation sites is 1. The molecule has 1 aliphatic rings. The monoisotopic (exact) mass is 365 g/mol. The van der Waals surface area contributed by atoms with Crippen LogP contribution in [0.25, 0.3) is 0 Å². The van der Waals surface area contributed by atoms with E-state index in [-0.39, 0.29) is 12.1 Å². The molecular formula is C23H31N3O. The predicted octanol–water partition coefficient (Wildman–Crippen LogP) is 4.69. The number of nitrogens with one attached hydrogen (secondary N) is 1. The Balaban J connectivity index is 1.66. The van der Waals surface area contributed by atoms with Crippen LogP contribution in [0.1, 0.15) is 37.0 Å². The molecule has 3 rings (SSSR count). The highest BCUT2D eigenvalue weighted by atomic mass is 16.2. The maximum atomic E-state index is 13.0. The van der Waals surface area contributed by atoms with E-state index in [4.69, 9.17) is 0 Å². The molecule has 0 unspecified atom stereocenters. The lowest BCUT2D eigenvalue weighted by molar-refractivity contribution is 0.184. The first-order valence-corrected chi connectivity index (χ1v) is 10.0. The number of rotatable bonds is 4. The molecule has 0 aliphatic carbocycles. The van der Waals surface area contributed by atoms with Crippen molar-refractivity contribution in [2.75, 3.05) is 25.0 Å². The van der Waals surface area contributed by atoms with Crippen molar-refractivity contribution in [1.29, 1.82) is 0 Å². The van der Waals surface area contributed by atoms with E-state index >= 15 is 0 Å². The summed E-state index contributed by atoms with van der Waals surface area (Å²) in [6.45, 7) is 10.00. The van der Waals surface area contributed by atoms with Crippen molar-refractivity contribution in [2.24, 2.45) is 0 Å². The standard InChI is InChI=1S/C23H31N3O/c1-4-21-13-8-10-18(2)22(21)24-23(27)26-15-9-14-25(16-19(26)3)17-20-11-6-5-7-12-20/h5-8,10-13,19H,4,9,14-17H2,1-3H3,(H,24,27)/t19-/m0/s1. The molecule has 1 N–H and O–H groups in total. The minimum absolute atomic E-state index is 0.0214. The Labute approximate surface area is 163 Å². The minimum Gasteiger partial charge on any atom is -0.320 e. The third kappa shape index (κ3) is 4.89. The van der Waals surface area contributed by atoms with Gasteiger partial charge in [0.15, 0.2) is 0 Å². The van der Waals surface area contributed by atoms with Crippen LogP contribution in [-0.4, -0.2) is 41.5 Å². The van der Waals surface area contributed by atoms with Crippen molar-refractivity contribution in [3.63, 3.8) is 0 Å². The SMILES string of the molecule is CCc1cccc(C)c1NC(=O)N1CCCN(Cc2ccccc2)C[C@@H]1C. The van der Waals surface area contributed by atoms with Gasteiger partial charge in [0.05, 0.1) is 0 Å². The third-order valence-electron chi connectivity index (χ3n) is 5.41. The van der Waals surface area contributed by atoms with Crippen LogP contribution in [0.2, 0.25) is 0 Å². The normalized spacial score (nSPS) is 18.2. The van der Waals surface area contributed by atoms with E-state index in [9.17, 15) is 4.79 Å². The zero-order chi connectivity index (χ0) is 19.2. The Morgan fingerprint density at radius 1 is 1.11 bits per heavy atom. The number of urea groups is 1. The van der Waals surface area contributed by atoms with Gasteiger partial charge in [0.25, 0.3) is 0 Å². The summed E-state index contributed by atoms with van der Waals surface area (Å²) < 4.78 is 0. The molecule has 2 amide bonds. The molecule has 1 atom stereocenters. The number of anilines is 1. The second-order valence-electron chi connectivity index (χ2n) is 7.51. The molecule has 27 heavy (non-hydrogen) atoms. The number of nitrogens with zero attached hydrogens (tertiary/aromatic N) is 2. The van der Waals surface area contributed by atoms with Crippen LogP contribution in [0.5, 0.6) is 0 Å². The van der Waals surface area contributed by atoms with Crippen molar-refractivity contribution in [1.82, 2.24) is 9.80 Å². The predicted molar refractivity (Wildman–Crippen MR) is 112 cm³/mol. The topological polar surface area (TPSA) is 35.6 Å². The summed E-state index contributed by atoms with van der Waals surface area (Å²) in [6.07, 6.45) is 1.91. The van der Waals surface area contributed by atoms with E-state index in [2.05, 4.69) is 79.5 Å². The maximum absolute atomic E-state index is 13.0. The van der Waals surface area contributed by atoms with Crippen LogP contribution in [0, 0.1) is 6.92 Å². The maximum Gasteiger partial charge on any atom is 0.322 e. The fraction of sp³-hybridized carbons (Fsp3) is 0.435. The van der Waals surface area contributed by atoms with E-state index in [1.807, 2.05) is 4.90 Å². The first-order chi connectivity index (χ1) is 13.1. The van der Waals surface area contributed by atoms with Gasteiger partial charge >= 0.3 is 6.03 Å². The average Bonchev–Trinajstić information content (AvgIpc) is 2.85. The zero-order valence-electron chi connectivity index (χ0n) is 16.7. The summed E-state index contributed by atoms with van der Waals surface area (Å²) in [5.41, 5.74) is 4.62. The average molecular weight is 366 g/mol. The molecule has 4 nitrogen and oxygen atoms in total. The first-order valence-electron chi connectivity index (χ1n) is 10.0. The number of aryl methyl sites for hydroxylation is 2. The first kappa shape index (κ1) is 19.4. The highest BCUT2D eigenvalue weighted by Gasteiger charge is 2.26. The van der Waals surface area contributed by atoms with Crippen molar-refractivity contribution in [3.05, 3.63) is 65.2 Å². The third-order valence-corrected chi connectivity index (χ3v) is 5.41. The van der Waals surface area contributed by atoms with Crippen LogP contribution in [-0.2, 0) is 13.0 Å². The van der Waals surface area contributed by atoms with Gasteiger partial charge < -0.3 is 10.2 Å². The van der Waals surface area contributed by atoms with Gasteiger partial charge in [-0.1, -0.05) is 55.5 Å². The van der Waals surface area contributed by atoms with E-state index < -0.39 is 0 Å². The summed E-state index contributed by atoms with van der Waals surface area (Å²) in [5, 5.41) is 3.19. The molecule has 2 aromatic rings. The Morgan fingerprint density at radius 3 is 2.63 bits per heavy atom. The highest BCUT2D eigenvalue weighted by molar-refractivity contribution is 5.91. The number of amides is 2. The second kappa shape index (κ2) is 9.05. The molecule has 1 saturated heterocycles. The van der Waals surface area contributed by atoms with E-state index in [0.29, 0.717) is 0 Å². The second-order valence-corrected chi connectivity index (χ2v) is 7.51. The molecule has 0 spiro atoms. The smallest absolute Gasteiger partial charge is 0.320 e. The van der Waals surface area contributed by atoms with E-state index in [1.54, 1.807) is 0 Å². The van der Waals surface area contributed by atoms with Gasteiger partial charge in [-0.15, -0.1) is 0 Å².